The average Bonchev–Trinajstić information content (AvgIpc) is 2.89. The molecular formula is C14H17N5O. The fourth-order valence-corrected chi connectivity index (χ4v) is 1.79. The topological polar surface area (TPSA) is 71.8 Å². The van der Waals surface area contributed by atoms with Crippen molar-refractivity contribution in [2.75, 3.05) is 6.54 Å². The maximum Gasteiger partial charge on any atom is 0.315 e. The van der Waals surface area contributed by atoms with E-state index in [0.29, 0.717) is 13.1 Å². The van der Waals surface area contributed by atoms with Gasteiger partial charge in [0.05, 0.1) is 11.9 Å². The molecule has 0 aromatic carbocycles. The van der Waals surface area contributed by atoms with Crippen molar-refractivity contribution < 1.29 is 4.79 Å². The van der Waals surface area contributed by atoms with Crippen molar-refractivity contribution in [2.24, 2.45) is 7.05 Å². The molecule has 0 fully saturated rings. The average molecular weight is 271 g/mol. The van der Waals surface area contributed by atoms with Crippen LogP contribution in [0.3, 0.4) is 0 Å². The Morgan fingerprint density at radius 2 is 2.35 bits per heavy atom. The summed E-state index contributed by atoms with van der Waals surface area (Å²) in [6.45, 7) is 4.39. The zero-order chi connectivity index (χ0) is 14.4. The molecule has 2 aromatic rings. The lowest BCUT2D eigenvalue weighted by molar-refractivity contribution is 0.241. The van der Waals surface area contributed by atoms with Crippen molar-refractivity contribution in [3.63, 3.8) is 0 Å². The summed E-state index contributed by atoms with van der Waals surface area (Å²) in [5, 5.41) is 9.58. The first kappa shape index (κ1) is 13.8. The molecule has 104 valence electrons. The fourth-order valence-electron chi connectivity index (χ4n) is 1.79. The van der Waals surface area contributed by atoms with Gasteiger partial charge >= 0.3 is 6.03 Å². The predicted octanol–water partition coefficient (Wildman–Crippen LogP) is 1.47. The third-order valence-electron chi connectivity index (χ3n) is 2.72. The van der Waals surface area contributed by atoms with E-state index in [-0.39, 0.29) is 6.03 Å². The van der Waals surface area contributed by atoms with Crippen LogP contribution in [0.4, 0.5) is 4.79 Å². The molecule has 0 bridgehead atoms. The van der Waals surface area contributed by atoms with E-state index in [1.807, 2.05) is 25.4 Å². The maximum absolute atomic E-state index is 11.5. The molecule has 6 nitrogen and oxygen atoms in total. The third-order valence-corrected chi connectivity index (χ3v) is 2.72. The van der Waals surface area contributed by atoms with Crippen LogP contribution in [0.15, 0.2) is 43.4 Å². The van der Waals surface area contributed by atoms with Gasteiger partial charge in [-0.2, -0.15) is 5.10 Å². The monoisotopic (exact) mass is 271 g/mol. The number of carbonyl (C=O) groups excluding carboxylic acids is 1. The van der Waals surface area contributed by atoms with Crippen molar-refractivity contribution >= 4 is 6.03 Å². The Balaban J connectivity index is 2.08. The Kier molecular flexibility index (Phi) is 4.49. The van der Waals surface area contributed by atoms with Crippen LogP contribution in [0.1, 0.15) is 5.56 Å². The van der Waals surface area contributed by atoms with Crippen molar-refractivity contribution in [1.29, 1.82) is 0 Å². The SMILES string of the molecule is C=CCNC(=O)NCc1cccnc1-c1cnn(C)c1. The number of nitrogens with zero attached hydrogens (tertiary/aromatic N) is 3. The third kappa shape index (κ3) is 3.44. The molecule has 0 saturated carbocycles. The number of hydrogen-bond acceptors (Lipinski definition) is 3. The molecule has 2 aromatic heterocycles. The number of carbonyl (C=O) groups is 1. The van der Waals surface area contributed by atoms with E-state index in [1.54, 1.807) is 23.2 Å². The van der Waals surface area contributed by atoms with Gasteiger partial charge in [-0.3, -0.25) is 9.67 Å². The van der Waals surface area contributed by atoms with E-state index in [1.165, 1.54) is 0 Å². The summed E-state index contributed by atoms with van der Waals surface area (Å²) in [5.74, 6) is 0. The lowest BCUT2D eigenvalue weighted by Gasteiger charge is -2.09. The van der Waals surface area contributed by atoms with Crippen LogP contribution in [0.5, 0.6) is 0 Å². The number of rotatable bonds is 5. The van der Waals surface area contributed by atoms with Gasteiger partial charge < -0.3 is 10.6 Å². The van der Waals surface area contributed by atoms with Gasteiger partial charge in [0.15, 0.2) is 0 Å². The highest BCUT2D eigenvalue weighted by Crippen LogP contribution is 2.19. The van der Waals surface area contributed by atoms with Crippen LogP contribution in [0, 0.1) is 0 Å². The van der Waals surface area contributed by atoms with Gasteiger partial charge in [0.2, 0.25) is 0 Å². The first-order chi connectivity index (χ1) is 9.70. The molecule has 0 spiro atoms. The fraction of sp³-hybridized carbons (Fsp3) is 0.214. The van der Waals surface area contributed by atoms with E-state index in [9.17, 15) is 4.79 Å². The molecule has 2 rings (SSSR count). The first-order valence-corrected chi connectivity index (χ1v) is 6.26. The van der Waals surface area contributed by atoms with Gasteiger partial charge in [0, 0.05) is 38.1 Å². The summed E-state index contributed by atoms with van der Waals surface area (Å²) in [6.07, 6.45) is 7.00. The lowest BCUT2D eigenvalue weighted by atomic mass is 10.1. The molecule has 6 heteroatoms. The Bertz CT molecular complexity index is 605. The Morgan fingerprint density at radius 1 is 1.50 bits per heavy atom. The Labute approximate surface area is 117 Å². The molecule has 0 aliphatic rings. The molecule has 0 aliphatic heterocycles. The second kappa shape index (κ2) is 6.51. The molecule has 2 heterocycles. The first-order valence-electron chi connectivity index (χ1n) is 6.26. The van der Waals surface area contributed by atoms with Crippen molar-refractivity contribution in [3.8, 4) is 11.3 Å². The van der Waals surface area contributed by atoms with Gasteiger partial charge in [-0.15, -0.1) is 6.58 Å². The number of pyridine rings is 1. The molecule has 0 radical (unpaired) electrons. The molecule has 2 amide bonds. The molecular weight excluding hydrogens is 254 g/mol. The van der Waals surface area contributed by atoms with Crippen LogP contribution >= 0.6 is 0 Å². The molecule has 0 atom stereocenters. The van der Waals surface area contributed by atoms with Crippen LogP contribution < -0.4 is 10.6 Å². The summed E-state index contributed by atoms with van der Waals surface area (Å²) in [4.78, 5) is 15.9. The second-order valence-electron chi connectivity index (χ2n) is 4.27. The molecule has 0 aliphatic carbocycles. The summed E-state index contributed by atoms with van der Waals surface area (Å²) in [7, 11) is 1.85. The largest absolute Gasteiger partial charge is 0.335 e. The van der Waals surface area contributed by atoms with E-state index < -0.39 is 0 Å². The number of amides is 2. The molecule has 20 heavy (non-hydrogen) atoms. The number of aryl methyl sites for hydroxylation is 1. The Hall–Kier alpha value is -2.63. The smallest absolute Gasteiger partial charge is 0.315 e. The normalized spacial score (nSPS) is 10.1. The van der Waals surface area contributed by atoms with E-state index in [4.69, 9.17) is 0 Å². The highest BCUT2D eigenvalue weighted by atomic mass is 16.2. The van der Waals surface area contributed by atoms with Crippen molar-refractivity contribution in [1.82, 2.24) is 25.4 Å². The van der Waals surface area contributed by atoms with Gasteiger partial charge in [-0.1, -0.05) is 12.1 Å². The molecule has 0 unspecified atom stereocenters. The van der Waals surface area contributed by atoms with Crippen LogP contribution in [0.25, 0.3) is 11.3 Å². The van der Waals surface area contributed by atoms with Crippen LogP contribution in [-0.4, -0.2) is 27.3 Å². The summed E-state index contributed by atoms with van der Waals surface area (Å²) in [6, 6.07) is 3.55. The molecule has 0 saturated heterocycles. The number of hydrogen-bond donors (Lipinski definition) is 2. The van der Waals surface area contributed by atoms with Gasteiger partial charge in [0.1, 0.15) is 0 Å². The number of aromatic nitrogens is 3. The molecule has 2 N–H and O–H groups in total. The Morgan fingerprint density at radius 3 is 3.05 bits per heavy atom. The summed E-state index contributed by atoms with van der Waals surface area (Å²) < 4.78 is 1.72. The van der Waals surface area contributed by atoms with Crippen molar-refractivity contribution in [3.05, 3.63) is 48.9 Å². The number of nitrogens with one attached hydrogen (secondary N) is 2. The van der Waals surface area contributed by atoms with E-state index >= 15 is 0 Å². The van der Waals surface area contributed by atoms with Crippen LogP contribution in [0.2, 0.25) is 0 Å². The lowest BCUT2D eigenvalue weighted by Crippen LogP contribution is -2.35. The van der Waals surface area contributed by atoms with E-state index in [0.717, 1.165) is 16.8 Å². The second-order valence-corrected chi connectivity index (χ2v) is 4.27. The minimum absolute atomic E-state index is 0.231. The predicted molar refractivity (Wildman–Crippen MR) is 76.9 cm³/mol. The zero-order valence-corrected chi connectivity index (χ0v) is 11.3. The van der Waals surface area contributed by atoms with Gasteiger partial charge in [-0.05, 0) is 11.6 Å². The van der Waals surface area contributed by atoms with Gasteiger partial charge in [-0.25, -0.2) is 4.79 Å². The summed E-state index contributed by atoms with van der Waals surface area (Å²) >= 11 is 0. The van der Waals surface area contributed by atoms with Crippen LogP contribution in [-0.2, 0) is 13.6 Å². The maximum atomic E-state index is 11.5. The standard InChI is InChI=1S/C14H17N5O/c1-3-6-16-14(20)17-8-11-5-4-7-15-13(11)12-9-18-19(2)10-12/h3-5,7,9-10H,1,6,8H2,2H3,(H2,16,17,20). The highest BCUT2D eigenvalue weighted by molar-refractivity contribution is 5.74. The van der Waals surface area contributed by atoms with E-state index in [2.05, 4.69) is 27.3 Å². The zero-order valence-electron chi connectivity index (χ0n) is 11.3. The number of urea groups is 1. The quantitative estimate of drug-likeness (QED) is 0.809. The minimum atomic E-state index is -0.231. The summed E-state index contributed by atoms with van der Waals surface area (Å²) in [5.41, 5.74) is 2.69. The van der Waals surface area contributed by atoms with Crippen molar-refractivity contribution in [2.45, 2.75) is 6.54 Å². The highest BCUT2D eigenvalue weighted by Gasteiger charge is 2.09. The van der Waals surface area contributed by atoms with Gasteiger partial charge in [0.25, 0.3) is 0 Å². The minimum Gasteiger partial charge on any atom is -0.335 e.